The highest BCUT2D eigenvalue weighted by Crippen LogP contribution is 2.35. The normalized spacial score (nSPS) is 10.9. The summed E-state index contributed by atoms with van der Waals surface area (Å²) in [5, 5.41) is 3.41. The zero-order valence-electron chi connectivity index (χ0n) is 9.85. The van der Waals surface area contributed by atoms with Gasteiger partial charge in [-0.05, 0) is 12.1 Å². The highest BCUT2D eigenvalue weighted by molar-refractivity contribution is 6.39. The minimum atomic E-state index is -0.636. The first-order valence-electron chi connectivity index (χ1n) is 5.22. The van der Waals surface area contributed by atoms with Gasteiger partial charge < -0.3 is 10.1 Å². The van der Waals surface area contributed by atoms with Crippen LogP contribution in [0.5, 0.6) is 0 Å². The molecule has 0 unspecified atom stereocenters. The molecular formula is C12H11Cl2FN2O. The molecule has 0 fully saturated rings. The standard InChI is InChI=1S/C12H11Cl2FN2O/c1-16-8-3-6(5-18-2)17-9-4-7(13)12(15)11(14)10(8)9/h3-4H,5H2,1-2H3,(H,16,17). The Kier molecular flexibility index (Phi) is 3.90. The van der Waals surface area contributed by atoms with Crippen molar-refractivity contribution in [1.82, 2.24) is 4.98 Å². The summed E-state index contributed by atoms with van der Waals surface area (Å²) in [5.41, 5.74) is 1.94. The number of anilines is 1. The molecule has 0 saturated carbocycles. The van der Waals surface area contributed by atoms with E-state index in [2.05, 4.69) is 10.3 Å². The highest BCUT2D eigenvalue weighted by atomic mass is 35.5. The molecule has 0 saturated heterocycles. The van der Waals surface area contributed by atoms with Gasteiger partial charge in [0.25, 0.3) is 0 Å². The van der Waals surface area contributed by atoms with Crippen LogP contribution in [-0.4, -0.2) is 19.1 Å². The first-order chi connectivity index (χ1) is 8.58. The first kappa shape index (κ1) is 13.3. The Balaban J connectivity index is 2.79. The van der Waals surface area contributed by atoms with Crippen LogP contribution in [0.2, 0.25) is 10.0 Å². The second-order valence-corrected chi connectivity index (χ2v) is 4.51. The molecule has 0 aliphatic carbocycles. The number of nitrogens with one attached hydrogen (secondary N) is 1. The van der Waals surface area contributed by atoms with Gasteiger partial charge in [-0.15, -0.1) is 0 Å². The fraction of sp³-hybridized carbons (Fsp3) is 0.250. The molecule has 2 rings (SSSR count). The van der Waals surface area contributed by atoms with Crippen molar-refractivity contribution in [2.75, 3.05) is 19.5 Å². The number of methoxy groups -OCH3 is 1. The zero-order valence-corrected chi connectivity index (χ0v) is 11.4. The fourth-order valence-corrected chi connectivity index (χ4v) is 2.32. The van der Waals surface area contributed by atoms with E-state index in [-0.39, 0.29) is 10.0 Å². The smallest absolute Gasteiger partial charge is 0.161 e. The van der Waals surface area contributed by atoms with Crippen molar-refractivity contribution in [3.8, 4) is 0 Å². The predicted molar refractivity (Wildman–Crippen MR) is 72.0 cm³/mol. The molecule has 0 aliphatic heterocycles. The average molecular weight is 289 g/mol. The SMILES string of the molecule is CNc1cc(COC)nc2cc(Cl)c(F)c(Cl)c12. The molecule has 18 heavy (non-hydrogen) atoms. The molecule has 0 aliphatic rings. The maximum Gasteiger partial charge on any atom is 0.161 e. The lowest BCUT2D eigenvalue weighted by Crippen LogP contribution is -1.99. The van der Waals surface area contributed by atoms with Gasteiger partial charge in [0.15, 0.2) is 5.82 Å². The fourth-order valence-electron chi connectivity index (χ4n) is 1.77. The lowest BCUT2D eigenvalue weighted by molar-refractivity contribution is 0.182. The van der Waals surface area contributed by atoms with Gasteiger partial charge in [0.2, 0.25) is 0 Å². The Morgan fingerprint density at radius 2 is 2.11 bits per heavy atom. The Labute approximate surface area is 114 Å². The van der Waals surface area contributed by atoms with Crippen molar-refractivity contribution in [1.29, 1.82) is 0 Å². The lowest BCUT2D eigenvalue weighted by Gasteiger charge is -2.11. The molecule has 0 spiro atoms. The maximum atomic E-state index is 13.7. The summed E-state index contributed by atoms with van der Waals surface area (Å²) in [6.07, 6.45) is 0. The van der Waals surface area contributed by atoms with Crippen molar-refractivity contribution in [3.05, 3.63) is 33.7 Å². The minimum absolute atomic E-state index is 0.0293. The van der Waals surface area contributed by atoms with Gasteiger partial charge in [0.1, 0.15) is 0 Å². The molecule has 96 valence electrons. The van der Waals surface area contributed by atoms with E-state index in [1.165, 1.54) is 6.07 Å². The number of ether oxygens (including phenoxy) is 1. The summed E-state index contributed by atoms with van der Waals surface area (Å²) in [7, 11) is 3.31. The summed E-state index contributed by atoms with van der Waals surface area (Å²) >= 11 is 11.7. The average Bonchev–Trinajstić information content (AvgIpc) is 2.35. The van der Waals surface area contributed by atoms with Crippen molar-refractivity contribution in [2.45, 2.75) is 6.61 Å². The highest BCUT2D eigenvalue weighted by Gasteiger charge is 2.15. The largest absolute Gasteiger partial charge is 0.387 e. The lowest BCUT2D eigenvalue weighted by atomic mass is 10.1. The Bertz CT molecular complexity index is 604. The molecular weight excluding hydrogens is 278 g/mol. The Morgan fingerprint density at radius 1 is 1.39 bits per heavy atom. The minimum Gasteiger partial charge on any atom is -0.387 e. The summed E-state index contributed by atoms with van der Waals surface area (Å²) in [6.45, 7) is 0.358. The van der Waals surface area contributed by atoms with E-state index in [1.54, 1.807) is 20.2 Å². The maximum absolute atomic E-state index is 13.7. The van der Waals surface area contributed by atoms with Crippen LogP contribution in [0.25, 0.3) is 10.9 Å². The monoisotopic (exact) mass is 288 g/mol. The van der Waals surface area contributed by atoms with E-state index >= 15 is 0 Å². The van der Waals surface area contributed by atoms with Gasteiger partial charge in [0.05, 0.1) is 27.9 Å². The third kappa shape index (κ3) is 2.23. The van der Waals surface area contributed by atoms with Crippen LogP contribution < -0.4 is 5.32 Å². The molecule has 0 radical (unpaired) electrons. The summed E-state index contributed by atoms with van der Waals surface area (Å²) < 4.78 is 18.7. The number of pyridine rings is 1. The van der Waals surface area contributed by atoms with E-state index < -0.39 is 5.82 Å². The van der Waals surface area contributed by atoms with Crippen molar-refractivity contribution in [3.63, 3.8) is 0 Å². The zero-order chi connectivity index (χ0) is 13.3. The third-order valence-electron chi connectivity index (χ3n) is 2.55. The molecule has 0 amide bonds. The number of aromatic nitrogens is 1. The van der Waals surface area contributed by atoms with Crippen LogP contribution in [0.3, 0.4) is 0 Å². The Morgan fingerprint density at radius 3 is 2.72 bits per heavy atom. The van der Waals surface area contributed by atoms with Crippen LogP contribution >= 0.6 is 23.2 Å². The summed E-state index contributed by atoms with van der Waals surface area (Å²) in [6, 6.07) is 3.23. The number of nitrogens with zero attached hydrogens (tertiary/aromatic N) is 1. The van der Waals surface area contributed by atoms with Gasteiger partial charge >= 0.3 is 0 Å². The van der Waals surface area contributed by atoms with Crippen LogP contribution in [-0.2, 0) is 11.3 Å². The topological polar surface area (TPSA) is 34.1 Å². The quantitative estimate of drug-likeness (QED) is 0.871. The van der Waals surface area contributed by atoms with Crippen molar-refractivity contribution >= 4 is 39.8 Å². The van der Waals surface area contributed by atoms with Crippen LogP contribution in [0, 0.1) is 5.82 Å². The number of hydrogen-bond donors (Lipinski definition) is 1. The van der Waals surface area contributed by atoms with E-state index in [4.69, 9.17) is 27.9 Å². The molecule has 1 N–H and O–H groups in total. The molecule has 1 aromatic heterocycles. The first-order valence-corrected chi connectivity index (χ1v) is 5.98. The van der Waals surface area contributed by atoms with Crippen molar-refractivity contribution in [2.24, 2.45) is 0 Å². The predicted octanol–water partition coefficient (Wildman–Crippen LogP) is 3.87. The molecule has 1 heterocycles. The van der Waals surface area contributed by atoms with E-state index in [0.29, 0.717) is 28.9 Å². The summed E-state index contributed by atoms with van der Waals surface area (Å²) in [5.74, 6) is -0.636. The molecule has 6 heteroatoms. The van der Waals surface area contributed by atoms with Crippen LogP contribution in [0.15, 0.2) is 12.1 Å². The van der Waals surface area contributed by atoms with E-state index in [1.807, 2.05) is 0 Å². The van der Waals surface area contributed by atoms with Gasteiger partial charge in [-0.25, -0.2) is 4.39 Å². The number of benzene rings is 1. The number of fused-ring (bicyclic) bond motifs is 1. The van der Waals surface area contributed by atoms with Crippen molar-refractivity contribution < 1.29 is 9.13 Å². The van der Waals surface area contributed by atoms with Gasteiger partial charge in [-0.3, -0.25) is 4.98 Å². The van der Waals surface area contributed by atoms with Crippen LogP contribution in [0.4, 0.5) is 10.1 Å². The third-order valence-corrected chi connectivity index (χ3v) is 3.18. The molecule has 0 atom stereocenters. The van der Waals surface area contributed by atoms with E-state index in [0.717, 1.165) is 0 Å². The number of hydrogen-bond acceptors (Lipinski definition) is 3. The number of halogens is 3. The Hall–Kier alpha value is -1.10. The second-order valence-electron chi connectivity index (χ2n) is 3.72. The van der Waals surface area contributed by atoms with Gasteiger partial charge in [-0.1, -0.05) is 23.2 Å². The molecule has 1 aromatic carbocycles. The number of rotatable bonds is 3. The summed E-state index contributed by atoms with van der Waals surface area (Å²) in [4.78, 5) is 4.34. The van der Waals surface area contributed by atoms with E-state index in [9.17, 15) is 4.39 Å². The second kappa shape index (κ2) is 5.26. The molecule has 3 nitrogen and oxygen atoms in total. The van der Waals surface area contributed by atoms with Gasteiger partial charge in [-0.2, -0.15) is 0 Å². The molecule has 2 aromatic rings. The van der Waals surface area contributed by atoms with Gasteiger partial charge in [0, 0.05) is 25.2 Å². The van der Waals surface area contributed by atoms with Crippen LogP contribution in [0.1, 0.15) is 5.69 Å². The molecule has 0 bridgehead atoms.